The molecule has 0 aromatic carbocycles. The van der Waals surface area contributed by atoms with Gasteiger partial charge in [-0.3, -0.25) is 0 Å². The van der Waals surface area contributed by atoms with E-state index in [0.717, 1.165) is 44.9 Å². The molecule has 4 fully saturated rings. The molecule has 1 N–H and O–H groups in total. The van der Waals surface area contributed by atoms with Crippen LogP contribution < -0.4 is 5.32 Å². The number of allylic oxidation sites excluding steroid dienone is 3. The van der Waals surface area contributed by atoms with Crippen molar-refractivity contribution in [2.45, 2.75) is 141 Å². The Morgan fingerprint density at radius 3 is 2.33 bits per heavy atom. The summed E-state index contributed by atoms with van der Waals surface area (Å²) in [5.41, 5.74) is 7.05. The maximum atomic E-state index is 12.9. The summed E-state index contributed by atoms with van der Waals surface area (Å²) in [4.78, 5) is 12.9. The third kappa shape index (κ3) is 4.63. The summed E-state index contributed by atoms with van der Waals surface area (Å²) in [6, 6.07) is 1.36. The Hall–Kier alpha value is -0.970. The van der Waals surface area contributed by atoms with E-state index in [9.17, 15) is 4.79 Å². The predicted molar refractivity (Wildman–Crippen MR) is 155 cm³/mol. The van der Waals surface area contributed by atoms with E-state index < -0.39 is 0 Å². The molecule has 6 aliphatic carbocycles. The number of hydrogen-bond donors (Lipinski definition) is 1. The summed E-state index contributed by atoms with van der Waals surface area (Å²) < 4.78 is 12.5. The zero-order valence-electron chi connectivity index (χ0n) is 24.8. The van der Waals surface area contributed by atoms with Gasteiger partial charge in [0.1, 0.15) is 6.29 Å². The molecule has 39 heavy (non-hydrogen) atoms. The van der Waals surface area contributed by atoms with Gasteiger partial charge in [-0.25, -0.2) is 0 Å². The standard InChI is InChI=1S/C35H53NO3/c1-3-7-31-29-11-10-23-20-35(38-18-19-39-35)17-16-25(23)33(29)30(21-34(31,2)22-37)27-14-15-32(28-13-12-26(27)28)36-24-8-5-4-6-9-24/h22-24,27,29-32,36H,3-21H2,1-2H3. The van der Waals surface area contributed by atoms with Crippen molar-refractivity contribution in [1.29, 1.82) is 0 Å². The van der Waals surface area contributed by atoms with E-state index in [-0.39, 0.29) is 11.2 Å². The smallest absolute Gasteiger partial charge is 0.169 e. The van der Waals surface area contributed by atoms with E-state index in [2.05, 4.69) is 19.2 Å². The van der Waals surface area contributed by atoms with Crippen molar-refractivity contribution < 1.29 is 14.3 Å². The molecule has 216 valence electrons. The van der Waals surface area contributed by atoms with Gasteiger partial charge in [-0.15, -0.1) is 0 Å². The fourth-order valence-electron chi connectivity index (χ4n) is 10.9. The number of hydrogen-bond acceptors (Lipinski definition) is 4. The van der Waals surface area contributed by atoms with Crippen molar-refractivity contribution in [1.82, 2.24) is 5.32 Å². The molecule has 0 aromatic rings. The van der Waals surface area contributed by atoms with E-state index in [0.29, 0.717) is 35.6 Å². The van der Waals surface area contributed by atoms with Gasteiger partial charge in [0.25, 0.3) is 0 Å². The average Bonchev–Trinajstić information content (AvgIpc) is 3.38. The van der Waals surface area contributed by atoms with E-state index in [1.54, 1.807) is 11.1 Å². The third-order valence-corrected chi connectivity index (χ3v) is 12.7. The van der Waals surface area contributed by atoms with Gasteiger partial charge in [-0.2, -0.15) is 0 Å². The number of fused-ring (bicyclic) bond motifs is 2. The number of rotatable bonds is 6. The van der Waals surface area contributed by atoms with Crippen molar-refractivity contribution in [3.8, 4) is 0 Å². The summed E-state index contributed by atoms with van der Waals surface area (Å²) in [5.74, 6) is 2.65. The maximum Gasteiger partial charge on any atom is 0.169 e. The lowest BCUT2D eigenvalue weighted by atomic mass is 9.48. The first-order valence-corrected chi connectivity index (χ1v) is 17.0. The normalized spacial score (nSPS) is 42.1. The van der Waals surface area contributed by atoms with E-state index in [1.165, 1.54) is 89.8 Å². The molecule has 3 saturated carbocycles. The molecule has 7 unspecified atom stereocenters. The highest BCUT2D eigenvalue weighted by Gasteiger charge is 2.55. The number of ether oxygens (including phenoxy) is 2. The third-order valence-electron chi connectivity index (χ3n) is 12.7. The Morgan fingerprint density at radius 1 is 0.846 bits per heavy atom. The summed E-state index contributed by atoms with van der Waals surface area (Å²) in [6.07, 6.45) is 22.8. The molecule has 4 heteroatoms. The minimum absolute atomic E-state index is 0.183. The van der Waals surface area contributed by atoms with Gasteiger partial charge in [0.2, 0.25) is 0 Å². The molecule has 7 aliphatic rings. The highest BCUT2D eigenvalue weighted by Crippen LogP contribution is 2.62. The van der Waals surface area contributed by atoms with Crippen molar-refractivity contribution in [3.05, 3.63) is 22.3 Å². The van der Waals surface area contributed by atoms with Gasteiger partial charge >= 0.3 is 0 Å². The Balaban J connectivity index is 1.22. The molecule has 0 radical (unpaired) electrons. The molecule has 1 saturated heterocycles. The molecular weight excluding hydrogens is 482 g/mol. The lowest BCUT2D eigenvalue weighted by Crippen LogP contribution is -2.51. The van der Waals surface area contributed by atoms with Crippen molar-refractivity contribution in [2.75, 3.05) is 13.2 Å². The number of nitrogens with one attached hydrogen (secondary N) is 1. The quantitative estimate of drug-likeness (QED) is 0.280. The molecular formula is C35H53NO3. The second-order valence-electron chi connectivity index (χ2n) is 14.8. The van der Waals surface area contributed by atoms with Crippen molar-refractivity contribution >= 4 is 6.29 Å². The van der Waals surface area contributed by atoms with Gasteiger partial charge in [-0.05, 0) is 100 Å². The van der Waals surface area contributed by atoms with Crippen LogP contribution in [0.15, 0.2) is 22.3 Å². The lowest BCUT2D eigenvalue weighted by Gasteiger charge is -2.56. The largest absolute Gasteiger partial charge is 0.348 e. The van der Waals surface area contributed by atoms with Crippen LogP contribution in [0.4, 0.5) is 0 Å². The highest BCUT2D eigenvalue weighted by molar-refractivity contribution is 5.61. The molecule has 1 aliphatic heterocycles. The molecule has 0 amide bonds. The summed E-state index contributed by atoms with van der Waals surface area (Å²) in [6.45, 7) is 6.18. The van der Waals surface area contributed by atoms with Crippen LogP contribution in [-0.4, -0.2) is 37.4 Å². The van der Waals surface area contributed by atoms with Crippen LogP contribution in [0.1, 0.15) is 123 Å². The Kier molecular flexibility index (Phi) is 7.38. The van der Waals surface area contributed by atoms with Gasteiger partial charge in [-0.1, -0.05) is 61.8 Å². The first kappa shape index (κ1) is 26.9. The van der Waals surface area contributed by atoms with Gasteiger partial charge in [0, 0.05) is 30.3 Å². The fraction of sp³-hybridized carbons (Fsp3) is 0.857. The van der Waals surface area contributed by atoms with Crippen LogP contribution >= 0.6 is 0 Å². The van der Waals surface area contributed by atoms with Crippen LogP contribution in [0.5, 0.6) is 0 Å². The average molecular weight is 536 g/mol. The molecule has 7 rings (SSSR count). The Bertz CT molecular complexity index is 1000. The lowest BCUT2D eigenvalue weighted by molar-refractivity contribution is -0.181. The number of carbonyl (C=O) groups is 1. The first-order valence-electron chi connectivity index (χ1n) is 17.0. The zero-order chi connectivity index (χ0) is 26.6. The minimum Gasteiger partial charge on any atom is -0.348 e. The minimum atomic E-state index is -0.307. The highest BCUT2D eigenvalue weighted by atomic mass is 16.7. The van der Waals surface area contributed by atoms with Gasteiger partial charge < -0.3 is 19.6 Å². The van der Waals surface area contributed by atoms with Gasteiger partial charge in [0.15, 0.2) is 5.79 Å². The first-order chi connectivity index (χ1) is 19.0. The van der Waals surface area contributed by atoms with E-state index >= 15 is 0 Å². The Labute approximate surface area is 237 Å². The molecule has 1 heterocycles. The van der Waals surface area contributed by atoms with E-state index in [4.69, 9.17) is 9.47 Å². The monoisotopic (exact) mass is 535 g/mol. The summed E-state index contributed by atoms with van der Waals surface area (Å²) in [5, 5.41) is 4.14. The molecule has 0 aromatic heterocycles. The summed E-state index contributed by atoms with van der Waals surface area (Å²) in [7, 11) is 0. The zero-order valence-corrected chi connectivity index (χ0v) is 24.8. The van der Waals surface area contributed by atoms with Crippen LogP contribution in [0.2, 0.25) is 0 Å². The second kappa shape index (κ2) is 10.7. The Morgan fingerprint density at radius 2 is 1.62 bits per heavy atom. The van der Waals surface area contributed by atoms with Gasteiger partial charge in [0.05, 0.1) is 13.2 Å². The van der Waals surface area contributed by atoms with Crippen LogP contribution in [0, 0.1) is 35.0 Å². The van der Waals surface area contributed by atoms with Crippen LogP contribution in [0.3, 0.4) is 0 Å². The molecule has 0 bridgehead atoms. The fourth-order valence-corrected chi connectivity index (χ4v) is 10.9. The van der Waals surface area contributed by atoms with Crippen LogP contribution in [-0.2, 0) is 14.3 Å². The SMILES string of the molecule is CCCC1C2CCC3CC4(CCC3=C2C(C2CCC(NC3CCCCC3)C3=C2CC3)CC1(C)C=O)OCCO4. The second-order valence-corrected chi connectivity index (χ2v) is 14.8. The topological polar surface area (TPSA) is 47.6 Å². The number of carbonyl (C=O) groups excluding carboxylic acids is 1. The van der Waals surface area contributed by atoms with Crippen LogP contribution in [0.25, 0.3) is 0 Å². The molecule has 7 atom stereocenters. The number of aldehydes is 1. The molecule has 1 spiro atoms. The molecule has 4 nitrogen and oxygen atoms in total. The van der Waals surface area contributed by atoms with Crippen molar-refractivity contribution in [3.63, 3.8) is 0 Å². The van der Waals surface area contributed by atoms with Crippen molar-refractivity contribution in [2.24, 2.45) is 35.0 Å². The van der Waals surface area contributed by atoms with E-state index in [1.807, 2.05) is 11.1 Å². The maximum absolute atomic E-state index is 12.9. The summed E-state index contributed by atoms with van der Waals surface area (Å²) >= 11 is 0. The predicted octanol–water partition coefficient (Wildman–Crippen LogP) is 7.67.